The first-order chi connectivity index (χ1) is 13.3. The number of esters is 1. The summed E-state index contributed by atoms with van der Waals surface area (Å²) in [6.45, 7) is 2.39. The van der Waals surface area contributed by atoms with Gasteiger partial charge in [0.25, 0.3) is 5.91 Å². The summed E-state index contributed by atoms with van der Waals surface area (Å²) in [5.41, 5.74) is 0.600. The van der Waals surface area contributed by atoms with Crippen LogP contribution in [0.2, 0.25) is 0 Å². The summed E-state index contributed by atoms with van der Waals surface area (Å²) >= 11 is 0. The third-order valence-corrected chi connectivity index (χ3v) is 7.10. The lowest BCUT2D eigenvalue weighted by Crippen LogP contribution is -2.36. The Labute approximate surface area is 164 Å². The zero-order chi connectivity index (χ0) is 20.3. The predicted octanol–water partition coefficient (Wildman–Crippen LogP) is 1.48. The molecule has 1 aromatic rings. The molecule has 152 valence electrons. The number of ether oxygens (including phenoxy) is 1. The van der Waals surface area contributed by atoms with Gasteiger partial charge in [0.1, 0.15) is 0 Å². The Morgan fingerprint density at radius 2 is 1.79 bits per heavy atom. The number of imide groups is 1. The molecule has 0 spiro atoms. The van der Waals surface area contributed by atoms with Crippen molar-refractivity contribution in [3.05, 3.63) is 29.3 Å². The van der Waals surface area contributed by atoms with Crippen molar-refractivity contribution in [1.82, 2.24) is 9.21 Å². The van der Waals surface area contributed by atoms with Crippen LogP contribution in [0, 0.1) is 6.92 Å². The van der Waals surface area contributed by atoms with Crippen LogP contribution in [0.15, 0.2) is 23.1 Å². The lowest BCUT2D eigenvalue weighted by Gasteiger charge is -2.26. The summed E-state index contributed by atoms with van der Waals surface area (Å²) in [4.78, 5) is 37.0. The Bertz CT molecular complexity index is 890. The molecule has 28 heavy (non-hydrogen) atoms. The van der Waals surface area contributed by atoms with E-state index in [1.54, 1.807) is 13.0 Å². The van der Waals surface area contributed by atoms with Crippen LogP contribution in [-0.2, 0) is 24.3 Å². The van der Waals surface area contributed by atoms with E-state index in [9.17, 15) is 22.8 Å². The first-order valence-electron chi connectivity index (χ1n) is 9.42. The predicted molar refractivity (Wildman–Crippen MR) is 100 cm³/mol. The minimum Gasteiger partial charge on any atom is -0.452 e. The summed E-state index contributed by atoms with van der Waals surface area (Å²) in [6, 6.07) is 4.32. The van der Waals surface area contributed by atoms with Crippen molar-refractivity contribution in [2.45, 2.75) is 43.9 Å². The van der Waals surface area contributed by atoms with Gasteiger partial charge in [-0.1, -0.05) is 12.5 Å². The number of carbonyl (C=O) groups is 3. The molecule has 0 unspecified atom stereocenters. The van der Waals surface area contributed by atoms with E-state index in [-0.39, 0.29) is 16.4 Å². The van der Waals surface area contributed by atoms with Gasteiger partial charge in [-0.2, -0.15) is 4.31 Å². The van der Waals surface area contributed by atoms with Crippen LogP contribution < -0.4 is 0 Å². The summed E-state index contributed by atoms with van der Waals surface area (Å²) in [7, 11) is -3.69. The highest BCUT2D eigenvalue weighted by atomic mass is 32.2. The van der Waals surface area contributed by atoms with Crippen molar-refractivity contribution < 1.29 is 27.5 Å². The van der Waals surface area contributed by atoms with Crippen molar-refractivity contribution in [3.63, 3.8) is 0 Å². The van der Waals surface area contributed by atoms with E-state index in [0.29, 0.717) is 38.0 Å². The molecule has 0 N–H and O–H groups in total. The van der Waals surface area contributed by atoms with Crippen LogP contribution in [0.3, 0.4) is 0 Å². The fourth-order valence-electron chi connectivity index (χ4n) is 3.45. The van der Waals surface area contributed by atoms with E-state index in [0.717, 1.165) is 24.2 Å². The molecule has 0 bridgehead atoms. The molecule has 2 saturated heterocycles. The first kappa shape index (κ1) is 20.5. The molecule has 2 fully saturated rings. The third-order valence-electron chi connectivity index (χ3n) is 5.06. The summed E-state index contributed by atoms with van der Waals surface area (Å²) in [5, 5.41) is 0. The van der Waals surface area contributed by atoms with Crippen LogP contribution in [0.4, 0.5) is 0 Å². The fourth-order valence-corrected chi connectivity index (χ4v) is 5.22. The Morgan fingerprint density at radius 3 is 2.43 bits per heavy atom. The second-order valence-corrected chi connectivity index (χ2v) is 8.97. The van der Waals surface area contributed by atoms with Gasteiger partial charge < -0.3 is 4.74 Å². The third kappa shape index (κ3) is 4.25. The smallest absolute Gasteiger partial charge is 0.338 e. The lowest BCUT2D eigenvalue weighted by molar-refractivity contribution is -0.143. The number of nitrogens with zero attached hydrogens (tertiary/aromatic N) is 2. The van der Waals surface area contributed by atoms with Crippen molar-refractivity contribution in [3.8, 4) is 0 Å². The molecule has 0 atom stereocenters. The molecule has 0 saturated carbocycles. The maximum Gasteiger partial charge on any atom is 0.338 e. The monoisotopic (exact) mass is 408 g/mol. The van der Waals surface area contributed by atoms with E-state index < -0.39 is 28.5 Å². The molecule has 1 aromatic carbocycles. The average molecular weight is 408 g/mol. The quantitative estimate of drug-likeness (QED) is 0.684. The number of hydrogen-bond donors (Lipinski definition) is 0. The second kappa shape index (κ2) is 8.40. The molecular weight excluding hydrogens is 384 g/mol. The number of benzene rings is 1. The Morgan fingerprint density at radius 1 is 1.07 bits per heavy atom. The molecule has 2 aliphatic heterocycles. The van der Waals surface area contributed by atoms with Crippen molar-refractivity contribution in [2.75, 3.05) is 26.2 Å². The standard InChI is InChI=1S/C19H24N2O6S/c1-14-7-8-15(12-16(14)28(25,26)20-9-3-2-4-10-20)19(24)27-13-18(23)21-11-5-6-17(21)22/h7-8,12H,2-6,9-11,13H2,1H3. The van der Waals surface area contributed by atoms with Gasteiger partial charge in [0.15, 0.2) is 6.61 Å². The molecule has 0 aliphatic carbocycles. The van der Waals surface area contributed by atoms with Crippen molar-refractivity contribution in [1.29, 1.82) is 0 Å². The number of likely N-dealkylation sites (tertiary alicyclic amines) is 1. The van der Waals surface area contributed by atoms with E-state index in [1.165, 1.54) is 16.4 Å². The largest absolute Gasteiger partial charge is 0.452 e. The van der Waals surface area contributed by atoms with Gasteiger partial charge in [-0.25, -0.2) is 13.2 Å². The second-order valence-electron chi connectivity index (χ2n) is 7.06. The van der Waals surface area contributed by atoms with E-state index in [2.05, 4.69) is 0 Å². The molecular formula is C19H24N2O6S. The van der Waals surface area contributed by atoms with E-state index >= 15 is 0 Å². The molecule has 8 nitrogen and oxygen atoms in total. The van der Waals surface area contributed by atoms with Gasteiger partial charge in [-0.15, -0.1) is 0 Å². The van der Waals surface area contributed by atoms with E-state index in [1.807, 2.05) is 0 Å². The summed E-state index contributed by atoms with van der Waals surface area (Å²) in [6.07, 6.45) is 3.56. The maximum atomic E-state index is 12.9. The van der Waals surface area contributed by atoms with E-state index in [4.69, 9.17) is 4.74 Å². The Hall–Kier alpha value is -2.26. The molecule has 0 radical (unpaired) electrons. The number of piperidine rings is 1. The number of rotatable bonds is 5. The van der Waals surface area contributed by atoms with Gasteiger partial charge in [0.05, 0.1) is 10.5 Å². The minimum absolute atomic E-state index is 0.0572. The molecule has 3 rings (SSSR count). The van der Waals surface area contributed by atoms with Crippen LogP contribution in [-0.4, -0.2) is 61.6 Å². The highest BCUT2D eigenvalue weighted by molar-refractivity contribution is 7.89. The zero-order valence-electron chi connectivity index (χ0n) is 15.8. The molecule has 2 heterocycles. The van der Waals surface area contributed by atoms with Crippen LogP contribution in [0.25, 0.3) is 0 Å². The number of sulfonamides is 1. The van der Waals surface area contributed by atoms with Gasteiger partial charge >= 0.3 is 5.97 Å². The summed E-state index contributed by atoms with van der Waals surface area (Å²) in [5.74, 6) is -1.63. The van der Waals surface area contributed by atoms with Gasteiger partial charge in [-0.3, -0.25) is 14.5 Å². The average Bonchev–Trinajstić information content (AvgIpc) is 3.12. The number of aryl methyl sites for hydroxylation is 1. The summed E-state index contributed by atoms with van der Waals surface area (Å²) < 4.78 is 32.3. The number of carbonyl (C=O) groups excluding carboxylic acids is 3. The normalized spacial score (nSPS) is 18.3. The Kier molecular flexibility index (Phi) is 6.14. The van der Waals surface area contributed by atoms with Crippen LogP contribution in [0.1, 0.15) is 48.0 Å². The molecule has 9 heteroatoms. The molecule has 2 aliphatic rings. The molecule has 0 aromatic heterocycles. The fraction of sp³-hybridized carbons (Fsp3) is 0.526. The lowest BCUT2D eigenvalue weighted by atomic mass is 10.1. The van der Waals surface area contributed by atoms with Crippen molar-refractivity contribution in [2.24, 2.45) is 0 Å². The van der Waals surface area contributed by atoms with Gasteiger partial charge in [0.2, 0.25) is 15.9 Å². The van der Waals surface area contributed by atoms with Gasteiger partial charge in [0, 0.05) is 26.1 Å². The number of amides is 2. The highest BCUT2D eigenvalue weighted by Gasteiger charge is 2.29. The highest BCUT2D eigenvalue weighted by Crippen LogP contribution is 2.24. The van der Waals surface area contributed by atoms with Crippen molar-refractivity contribution >= 4 is 27.8 Å². The molecule has 2 amide bonds. The SMILES string of the molecule is Cc1ccc(C(=O)OCC(=O)N2CCCC2=O)cc1S(=O)(=O)N1CCCCC1. The van der Waals surface area contributed by atoms with Gasteiger partial charge in [-0.05, 0) is 43.9 Å². The first-order valence-corrected chi connectivity index (χ1v) is 10.9. The number of hydrogen-bond acceptors (Lipinski definition) is 6. The van der Waals surface area contributed by atoms with Crippen LogP contribution in [0.5, 0.6) is 0 Å². The minimum atomic E-state index is -3.69. The maximum absolute atomic E-state index is 12.9. The van der Waals surface area contributed by atoms with Crippen LogP contribution >= 0.6 is 0 Å². The zero-order valence-corrected chi connectivity index (χ0v) is 16.7. The topological polar surface area (TPSA) is 101 Å². The Balaban J connectivity index is 1.72.